The van der Waals surface area contributed by atoms with Gasteiger partial charge in [0.05, 0.1) is 11.4 Å². The summed E-state index contributed by atoms with van der Waals surface area (Å²) < 4.78 is 0. The van der Waals surface area contributed by atoms with Crippen LogP contribution in [0.3, 0.4) is 0 Å². The molecule has 0 saturated heterocycles. The number of nitrogens with one attached hydrogen (secondary N) is 1. The molecule has 1 amide bonds. The molecule has 0 unspecified atom stereocenters. The molecule has 1 heterocycles. The number of amides is 1. The minimum Gasteiger partial charge on any atom is -0.321 e. The number of aryl methyl sites for hydroxylation is 2. The fraction of sp³-hybridized carbons (Fsp3) is 0.235. The molecule has 2 aromatic rings. The lowest BCUT2D eigenvalue weighted by atomic mass is 10.1. The molecule has 3 N–H and O–H groups in total. The average molecular weight is 298 g/mol. The van der Waals surface area contributed by atoms with E-state index >= 15 is 0 Å². The second-order valence-corrected chi connectivity index (χ2v) is 5.78. The van der Waals surface area contributed by atoms with Crippen molar-refractivity contribution in [3.63, 3.8) is 0 Å². The van der Waals surface area contributed by atoms with Gasteiger partial charge in [-0.15, -0.1) is 11.3 Å². The van der Waals surface area contributed by atoms with Gasteiger partial charge < -0.3 is 11.1 Å². The summed E-state index contributed by atoms with van der Waals surface area (Å²) in [6.45, 7) is 4.36. The van der Waals surface area contributed by atoms with Gasteiger partial charge >= 0.3 is 0 Å². The zero-order chi connectivity index (χ0) is 15.2. The molecular formula is C17H18N2OS. The van der Waals surface area contributed by atoms with E-state index < -0.39 is 0 Å². The van der Waals surface area contributed by atoms with Gasteiger partial charge in [0.2, 0.25) is 0 Å². The molecule has 2 rings (SSSR count). The maximum atomic E-state index is 12.3. The number of carbonyl (C=O) groups excluding carboxylic acids is 1. The van der Waals surface area contributed by atoms with Crippen molar-refractivity contribution in [2.24, 2.45) is 5.73 Å². The molecule has 0 spiro atoms. The van der Waals surface area contributed by atoms with E-state index in [4.69, 9.17) is 5.73 Å². The number of carbonyl (C=O) groups is 1. The van der Waals surface area contributed by atoms with E-state index in [2.05, 4.69) is 24.1 Å². The lowest BCUT2D eigenvalue weighted by Crippen LogP contribution is -2.11. The molecule has 1 aromatic heterocycles. The quantitative estimate of drug-likeness (QED) is 0.855. The van der Waals surface area contributed by atoms with Gasteiger partial charge in [0.1, 0.15) is 0 Å². The van der Waals surface area contributed by atoms with Crippen molar-refractivity contribution < 1.29 is 4.79 Å². The number of hydrogen-bond acceptors (Lipinski definition) is 3. The number of anilines is 1. The summed E-state index contributed by atoms with van der Waals surface area (Å²) in [6.07, 6.45) is 0.946. The van der Waals surface area contributed by atoms with Gasteiger partial charge in [0.25, 0.3) is 5.91 Å². The minimum absolute atomic E-state index is 0.0771. The Labute approximate surface area is 129 Å². The third-order valence-electron chi connectivity index (χ3n) is 3.05. The number of rotatable bonds is 3. The highest BCUT2D eigenvalue weighted by Crippen LogP contribution is 2.21. The first kappa shape index (κ1) is 15.3. The SMILES string of the molecule is CCc1ccc(C(=O)Nc2cc(C#CCN)ccc2C)s1. The van der Waals surface area contributed by atoms with Crippen LogP contribution in [0.15, 0.2) is 30.3 Å². The minimum atomic E-state index is -0.0771. The van der Waals surface area contributed by atoms with Gasteiger partial charge in [-0.2, -0.15) is 0 Å². The van der Waals surface area contributed by atoms with Gasteiger partial charge in [0, 0.05) is 16.1 Å². The van der Waals surface area contributed by atoms with E-state index in [1.807, 2.05) is 37.3 Å². The Balaban J connectivity index is 2.20. The molecule has 21 heavy (non-hydrogen) atoms. The molecule has 0 atom stereocenters. The first-order chi connectivity index (χ1) is 10.1. The van der Waals surface area contributed by atoms with Crippen LogP contribution < -0.4 is 11.1 Å². The second-order valence-electron chi connectivity index (χ2n) is 4.61. The predicted octanol–water partition coefficient (Wildman–Crippen LogP) is 3.18. The van der Waals surface area contributed by atoms with Crippen LogP contribution in [0.2, 0.25) is 0 Å². The summed E-state index contributed by atoms with van der Waals surface area (Å²) in [7, 11) is 0. The van der Waals surface area contributed by atoms with Crippen LogP contribution in [-0.4, -0.2) is 12.5 Å². The highest BCUT2D eigenvalue weighted by atomic mass is 32.1. The number of benzene rings is 1. The Morgan fingerprint density at radius 3 is 2.81 bits per heavy atom. The largest absolute Gasteiger partial charge is 0.321 e. The maximum absolute atomic E-state index is 12.3. The van der Waals surface area contributed by atoms with Gasteiger partial charge in [-0.25, -0.2) is 0 Å². The zero-order valence-electron chi connectivity index (χ0n) is 12.2. The lowest BCUT2D eigenvalue weighted by Gasteiger charge is -2.08. The topological polar surface area (TPSA) is 55.1 Å². The molecule has 4 heteroatoms. The summed E-state index contributed by atoms with van der Waals surface area (Å²) in [4.78, 5) is 14.2. The smallest absolute Gasteiger partial charge is 0.265 e. The van der Waals surface area contributed by atoms with Crippen molar-refractivity contribution in [2.45, 2.75) is 20.3 Å². The molecule has 0 fully saturated rings. The second kappa shape index (κ2) is 7.07. The molecule has 0 aliphatic heterocycles. The zero-order valence-corrected chi connectivity index (χ0v) is 13.0. The fourth-order valence-corrected chi connectivity index (χ4v) is 2.70. The summed E-state index contributed by atoms with van der Waals surface area (Å²) in [5, 5.41) is 2.95. The van der Waals surface area contributed by atoms with Gasteiger partial charge in [-0.3, -0.25) is 4.79 Å². The van der Waals surface area contributed by atoms with Crippen LogP contribution in [0.4, 0.5) is 5.69 Å². The van der Waals surface area contributed by atoms with Crippen LogP contribution in [0.25, 0.3) is 0 Å². The van der Waals surface area contributed by atoms with Gasteiger partial charge in [-0.1, -0.05) is 24.8 Å². The molecule has 0 saturated carbocycles. The predicted molar refractivity (Wildman–Crippen MR) is 88.8 cm³/mol. The third-order valence-corrected chi connectivity index (χ3v) is 4.28. The van der Waals surface area contributed by atoms with E-state index in [0.717, 1.165) is 28.1 Å². The molecule has 108 valence electrons. The van der Waals surface area contributed by atoms with Crippen LogP contribution in [0.1, 0.15) is 32.6 Å². The summed E-state index contributed by atoms with van der Waals surface area (Å²) in [5.74, 6) is 5.71. The van der Waals surface area contributed by atoms with Crippen molar-refractivity contribution >= 4 is 22.9 Å². The molecule has 1 aromatic carbocycles. The van der Waals surface area contributed by atoms with E-state index in [1.165, 1.54) is 16.2 Å². The summed E-state index contributed by atoms with van der Waals surface area (Å²) in [6, 6.07) is 9.61. The van der Waals surface area contributed by atoms with Gasteiger partial charge in [0.15, 0.2) is 0 Å². The number of hydrogen-bond donors (Lipinski definition) is 2. The van der Waals surface area contributed by atoms with E-state index in [9.17, 15) is 4.79 Å². The van der Waals surface area contributed by atoms with Crippen LogP contribution in [0.5, 0.6) is 0 Å². The molecule has 0 aliphatic rings. The van der Waals surface area contributed by atoms with E-state index in [1.54, 1.807) is 0 Å². The fourth-order valence-electron chi connectivity index (χ4n) is 1.86. The van der Waals surface area contributed by atoms with Crippen LogP contribution in [-0.2, 0) is 6.42 Å². The highest BCUT2D eigenvalue weighted by Gasteiger charge is 2.10. The Morgan fingerprint density at radius 2 is 2.14 bits per heavy atom. The van der Waals surface area contributed by atoms with Crippen molar-refractivity contribution in [3.05, 3.63) is 51.2 Å². The first-order valence-electron chi connectivity index (χ1n) is 6.83. The lowest BCUT2D eigenvalue weighted by molar-refractivity contribution is 0.103. The molecular weight excluding hydrogens is 280 g/mol. The number of nitrogens with two attached hydrogens (primary N) is 1. The Hall–Kier alpha value is -2.09. The normalized spacial score (nSPS) is 9.86. The molecule has 0 bridgehead atoms. The Kier molecular flexibility index (Phi) is 5.15. The van der Waals surface area contributed by atoms with E-state index in [0.29, 0.717) is 6.54 Å². The molecule has 3 nitrogen and oxygen atoms in total. The molecule has 0 radical (unpaired) electrons. The number of thiophene rings is 1. The summed E-state index contributed by atoms with van der Waals surface area (Å²) >= 11 is 1.53. The van der Waals surface area contributed by atoms with Crippen molar-refractivity contribution in [1.82, 2.24) is 0 Å². The maximum Gasteiger partial charge on any atom is 0.265 e. The van der Waals surface area contributed by atoms with Gasteiger partial charge in [-0.05, 0) is 43.2 Å². The van der Waals surface area contributed by atoms with Crippen LogP contribution >= 0.6 is 11.3 Å². The first-order valence-corrected chi connectivity index (χ1v) is 7.65. The standard InChI is InChI=1S/C17H18N2OS/c1-3-14-8-9-16(21-14)17(20)19-15-11-13(5-4-10-18)7-6-12(15)2/h6-9,11H,3,10,18H2,1-2H3,(H,19,20). The van der Waals surface area contributed by atoms with Crippen molar-refractivity contribution in [2.75, 3.05) is 11.9 Å². The Bertz CT molecular complexity index is 707. The Morgan fingerprint density at radius 1 is 1.33 bits per heavy atom. The monoisotopic (exact) mass is 298 g/mol. The summed E-state index contributed by atoms with van der Waals surface area (Å²) in [5.41, 5.74) is 8.02. The third kappa shape index (κ3) is 3.94. The average Bonchev–Trinajstić information content (AvgIpc) is 2.97. The molecule has 0 aliphatic carbocycles. The van der Waals surface area contributed by atoms with Crippen LogP contribution in [0, 0.1) is 18.8 Å². The van der Waals surface area contributed by atoms with Crippen molar-refractivity contribution in [3.8, 4) is 11.8 Å². The van der Waals surface area contributed by atoms with Crippen molar-refractivity contribution in [1.29, 1.82) is 0 Å². The van der Waals surface area contributed by atoms with E-state index in [-0.39, 0.29) is 5.91 Å². The highest BCUT2D eigenvalue weighted by molar-refractivity contribution is 7.14.